The first-order chi connectivity index (χ1) is 6.36. The highest BCUT2D eigenvalue weighted by molar-refractivity contribution is 4.68. The Labute approximate surface area is 80.8 Å². The van der Waals surface area contributed by atoms with Crippen LogP contribution in [0.5, 0.6) is 0 Å². The summed E-state index contributed by atoms with van der Waals surface area (Å²) >= 11 is 0. The highest BCUT2D eigenvalue weighted by Crippen LogP contribution is 2.13. The van der Waals surface area contributed by atoms with Gasteiger partial charge >= 0.3 is 0 Å². The van der Waals surface area contributed by atoms with Gasteiger partial charge in [0, 0.05) is 12.5 Å². The minimum Gasteiger partial charge on any atom is -0.350 e. The SMILES string of the molecule is CCCC(CC1OCCO1)NCC. The van der Waals surface area contributed by atoms with Crippen molar-refractivity contribution in [3.05, 3.63) is 0 Å². The summed E-state index contributed by atoms with van der Waals surface area (Å²) in [5, 5.41) is 3.45. The predicted octanol–water partition coefficient (Wildman–Crippen LogP) is 1.53. The van der Waals surface area contributed by atoms with Gasteiger partial charge in [-0.3, -0.25) is 0 Å². The second-order valence-electron chi connectivity index (χ2n) is 3.45. The van der Waals surface area contributed by atoms with Gasteiger partial charge in [-0.2, -0.15) is 0 Å². The Bertz CT molecular complexity index is 118. The number of nitrogens with one attached hydrogen (secondary N) is 1. The van der Waals surface area contributed by atoms with Crippen molar-refractivity contribution in [2.75, 3.05) is 19.8 Å². The predicted molar refractivity (Wildman–Crippen MR) is 52.7 cm³/mol. The summed E-state index contributed by atoms with van der Waals surface area (Å²) < 4.78 is 10.8. The fourth-order valence-corrected chi connectivity index (χ4v) is 1.72. The van der Waals surface area contributed by atoms with Crippen LogP contribution in [0, 0.1) is 0 Å². The Morgan fingerprint density at radius 1 is 1.31 bits per heavy atom. The summed E-state index contributed by atoms with van der Waals surface area (Å²) in [6, 6.07) is 0.554. The number of hydrogen-bond acceptors (Lipinski definition) is 3. The molecule has 0 aromatic carbocycles. The Kier molecular flexibility index (Phi) is 5.35. The van der Waals surface area contributed by atoms with E-state index in [9.17, 15) is 0 Å². The number of rotatable bonds is 6. The Hall–Kier alpha value is -0.120. The molecule has 1 saturated heterocycles. The lowest BCUT2D eigenvalue weighted by Gasteiger charge is -2.19. The van der Waals surface area contributed by atoms with E-state index in [1.807, 2.05) is 0 Å². The molecular weight excluding hydrogens is 166 g/mol. The molecule has 0 aromatic heterocycles. The van der Waals surface area contributed by atoms with E-state index in [1.165, 1.54) is 12.8 Å². The second-order valence-corrected chi connectivity index (χ2v) is 3.45. The van der Waals surface area contributed by atoms with Gasteiger partial charge in [0.15, 0.2) is 6.29 Å². The van der Waals surface area contributed by atoms with Gasteiger partial charge in [0.25, 0.3) is 0 Å². The third kappa shape index (κ3) is 4.07. The molecule has 1 unspecified atom stereocenters. The Morgan fingerprint density at radius 3 is 2.54 bits per heavy atom. The minimum atomic E-state index is 0.0376. The smallest absolute Gasteiger partial charge is 0.159 e. The van der Waals surface area contributed by atoms with E-state index in [4.69, 9.17) is 9.47 Å². The Morgan fingerprint density at radius 2 is 2.00 bits per heavy atom. The summed E-state index contributed by atoms with van der Waals surface area (Å²) in [4.78, 5) is 0. The maximum atomic E-state index is 5.41. The van der Waals surface area contributed by atoms with Crippen LogP contribution in [-0.2, 0) is 9.47 Å². The molecule has 0 amide bonds. The van der Waals surface area contributed by atoms with Crippen molar-refractivity contribution in [3.8, 4) is 0 Å². The van der Waals surface area contributed by atoms with Crippen LogP contribution in [0.25, 0.3) is 0 Å². The van der Waals surface area contributed by atoms with Gasteiger partial charge in [0.1, 0.15) is 0 Å². The Balaban J connectivity index is 2.19. The monoisotopic (exact) mass is 187 g/mol. The lowest BCUT2D eigenvalue weighted by Crippen LogP contribution is -2.32. The van der Waals surface area contributed by atoms with Crippen LogP contribution in [0.1, 0.15) is 33.1 Å². The van der Waals surface area contributed by atoms with Crippen LogP contribution in [0.3, 0.4) is 0 Å². The highest BCUT2D eigenvalue weighted by Gasteiger charge is 2.20. The summed E-state index contributed by atoms with van der Waals surface area (Å²) in [5.41, 5.74) is 0. The minimum absolute atomic E-state index is 0.0376. The van der Waals surface area contributed by atoms with Crippen molar-refractivity contribution in [1.29, 1.82) is 0 Å². The topological polar surface area (TPSA) is 30.5 Å². The number of ether oxygens (including phenoxy) is 2. The van der Waals surface area contributed by atoms with Crippen molar-refractivity contribution in [3.63, 3.8) is 0 Å². The molecule has 1 atom stereocenters. The highest BCUT2D eigenvalue weighted by atomic mass is 16.7. The van der Waals surface area contributed by atoms with E-state index < -0.39 is 0 Å². The lowest BCUT2D eigenvalue weighted by atomic mass is 10.1. The molecule has 13 heavy (non-hydrogen) atoms. The summed E-state index contributed by atoms with van der Waals surface area (Å²) in [5.74, 6) is 0. The quantitative estimate of drug-likeness (QED) is 0.684. The zero-order valence-electron chi connectivity index (χ0n) is 8.71. The van der Waals surface area contributed by atoms with E-state index in [2.05, 4.69) is 19.2 Å². The molecule has 0 aliphatic carbocycles. The molecule has 1 fully saturated rings. The van der Waals surface area contributed by atoms with Gasteiger partial charge in [-0.05, 0) is 13.0 Å². The lowest BCUT2D eigenvalue weighted by molar-refractivity contribution is -0.0531. The first-order valence-corrected chi connectivity index (χ1v) is 5.33. The van der Waals surface area contributed by atoms with Crippen LogP contribution < -0.4 is 5.32 Å². The van der Waals surface area contributed by atoms with Crippen LogP contribution >= 0.6 is 0 Å². The van der Waals surface area contributed by atoms with Gasteiger partial charge in [-0.1, -0.05) is 20.3 Å². The van der Waals surface area contributed by atoms with Crippen molar-refractivity contribution < 1.29 is 9.47 Å². The van der Waals surface area contributed by atoms with Crippen LogP contribution in [0.15, 0.2) is 0 Å². The van der Waals surface area contributed by atoms with Crippen LogP contribution in [-0.4, -0.2) is 32.1 Å². The van der Waals surface area contributed by atoms with Crippen molar-refractivity contribution >= 4 is 0 Å². The molecule has 1 N–H and O–H groups in total. The van der Waals surface area contributed by atoms with E-state index >= 15 is 0 Å². The van der Waals surface area contributed by atoms with Gasteiger partial charge in [0.2, 0.25) is 0 Å². The maximum absolute atomic E-state index is 5.41. The van der Waals surface area contributed by atoms with Crippen molar-refractivity contribution in [2.24, 2.45) is 0 Å². The average molecular weight is 187 g/mol. The van der Waals surface area contributed by atoms with Gasteiger partial charge in [-0.15, -0.1) is 0 Å². The third-order valence-corrected chi connectivity index (χ3v) is 2.30. The fourth-order valence-electron chi connectivity index (χ4n) is 1.72. The molecule has 0 bridgehead atoms. The largest absolute Gasteiger partial charge is 0.350 e. The van der Waals surface area contributed by atoms with Gasteiger partial charge in [0.05, 0.1) is 13.2 Å². The molecule has 1 aliphatic heterocycles. The molecule has 0 aromatic rings. The molecule has 3 heteroatoms. The van der Waals surface area contributed by atoms with Crippen LogP contribution in [0.4, 0.5) is 0 Å². The maximum Gasteiger partial charge on any atom is 0.159 e. The second kappa shape index (κ2) is 6.35. The molecule has 1 aliphatic rings. The molecule has 1 rings (SSSR count). The summed E-state index contributed by atoms with van der Waals surface area (Å²) in [6.45, 7) is 6.89. The molecule has 3 nitrogen and oxygen atoms in total. The average Bonchev–Trinajstić information content (AvgIpc) is 2.58. The van der Waals surface area contributed by atoms with Gasteiger partial charge < -0.3 is 14.8 Å². The molecule has 1 heterocycles. The van der Waals surface area contributed by atoms with E-state index in [0.717, 1.165) is 26.2 Å². The first-order valence-electron chi connectivity index (χ1n) is 5.33. The molecule has 0 spiro atoms. The molecular formula is C10H21NO2. The van der Waals surface area contributed by atoms with Gasteiger partial charge in [-0.25, -0.2) is 0 Å². The summed E-state index contributed by atoms with van der Waals surface area (Å²) in [7, 11) is 0. The molecule has 78 valence electrons. The third-order valence-electron chi connectivity index (χ3n) is 2.30. The van der Waals surface area contributed by atoms with E-state index in [0.29, 0.717) is 6.04 Å². The zero-order chi connectivity index (χ0) is 9.52. The van der Waals surface area contributed by atoms with Crippen molar-refractivity contribution in [2.45, 2.75) is 45.4 Å². The van der Waals surface area contributed by atoms with E-state index in [-0.39, 0.29) is 6.29 Å². The fraction of sp³-hybridized carbons (Fsp3) is 1.00. The van der Waals surface area contributed by atoms with Crippen molar-refractivity contribution in [1.82, 2.24) is 5.32 Å². The number of hydrogen-bond donors (Lipinski definition) is 1. The van der Waals surface area contributed by atoms with E-state index in [1.54, 1.807) is 0 Å². The zero-order valence-corrected chi connectivity index (χ0v) is 8.71. The van der Waals surface area contributed by atoms with Crippen LogP contribution in [0.2, 0.25) is 0 Å². The normalized spacial score (nSPS) is 20.8. The standard InChI is InChI=1S/C10H21NO2/c1-3-5-9(11-4-2)8-10-12-6-7-13-10/h9-11H,3-8H2,1-2H3. The first kappa shape index (κ1) is 11.0. The summed E-state index contributed by atoms with van der Waals surface area (Å²) in [6.07, 6.45) is 3.44. The molecule has 0 saturated carbocycles. The molecule has 0 radical (unpaired) electrons.